The summed E-state index contributed by atoms with van der Waals surface area (Å²) in [4.78, 5) is 0. The monoisotopic (exact) mass is 172 g/mol. The highest BCUT2D eigenvalue weighted by molar-refractivity contribution is 4.97. The molecule has 2 atom stereocenters. The maximum atomic E-state index is 13.6. The molecule has 1 nitrogen and oxygen atoms in total. The highest BCUT2D eigenvalue weighted by Crippen LogP contribution is 2.51. The maximum Gasteiger partial charge on any atom is 0.108 e. The Labute approximate surface area is 73.0 Å². The lowest BCUT2D eigenvalue weighted by Gasteiger charge is -2.36. The lowest BCUT2D eigenvalue weighted by Crippen LogP contribution is -2.36. The van der Waals surface area contributed by atoms with Gasteiger partial charge in [-0.15, -0.1) is 0 Å². The zero-order valence-corrected chi connectivity index (χ0v) is 7.59. The van der Waals surface area contributed by atoms with E-state index in [4.69, 9.17) is 5.11 Å². The Balaban J connectivity index is 2.11. The molecule has 2 bridgehead atoms. The molecule has 0 spiro atoms. The largest absolute Gasteiger partial charge is 0.396 e. The van der Waals surface area contributed by atoms with Crippen LogP contribution < -0.4 is 0 Å². The topological polar surface area (TPSA) is 20.2 Å². The summed E-state index contributed by atoms with van der Waals surface area (Å²) in [5.41, 5.74) is -0.947. The molecule has 0 heterocycles. The van der Waals surface area contributed by atoms with Gasteiger partial charge in [0.15, 0.2) is 0 Å². The fourth-order valence-corrected chi connectivity index (χ4v) is 3.22. The van der Waals surface area contributed by atoms with Gasteiger partial charge in [-0.05, 0) is 50.4 Å². The molecule has 70 valence electrons. The van der Waals surface area contributed by atoms with Crippen LogP contribution in [0.2, 0.25) is 0 Å². The van der Waals surface area contributed by atoms with Gasteiger partial charge in [-0.3, -0.25) is 0 Å². The van der Waals surface area contributed by atoms with Crippen LogP contribution in [-0.4, -0.2) is 17.4 Å². The average Bonchev–Trinajstić information content (AvgIpc) is 2.23. The van der Waals surface area contributed by atoms with Crippen LogP contribution in [0.1, 0.15) is 32.6 Å². The van der Waals surface area contributed by atoms with Gasteiger partial charge in [-0.25, -0.2) is 4.39 Å². The van der Waals surface area contributed by atoms with Crippen molar-refractivity contribution in [2.24, 2.45) is 17.8 Å². The number of hydrogen-bond donors (Lipinski definition) is 1. The summed E-state index contributed by atoms with van der Waals surface area (Å²) in [6, 6.07) is 0. The number of rotatable bonds is 1. The lowest BCUT2D eigenvalue weighted by molar-refractivity contribution is 0.0251. The Bertz CT molecular complexity index is 163. The van der Waals surface area contributed by atoms with Crippen molar-refractivity contribution >= 4 is 0 Å². The van der Waals surface area contributed by atoms with Crippen LogP contribution in [0, 0.1) is 17.8 Å². The van der Waals surface area contributed by atoms with Crippen molar-refractivity contribution in [2.75, 3.05) is 6.61 Å². The van der Waals surface area contributed by atoms with Crippen molar-refractivity contribution in [3.63, 3.8) is 0 Å². The molecule has 2 rings (SSSR count). The standard InChI is InChI=1S/C10H17FO/c1-10(11)4-7-2-3-8(5-10)9(7)6-12/h7-9,12H,2-6H2,1H3. The van der Waals surface area contributed by atoms with Crippen LogP contribution in [0.4, 0.5) is 4.39 Å². The average molecular weight is 172 g/mol. The number of halogens is 1. The van der Waals surface area contributed by atoms with E-state index in [0.29, 0.717) is 30.6 Å². The summed E-state index contributed by atoms with van der Waals surface area (Å²) < 4.78 is 13.6. The Morgan fingerprint density at radius 3 is 2.25 bits per heavy atom. The molecule has 0 radical (unpaired) electrons. The second-order valence-corrected chi connectivity index (χ2v) is 4.77. The molecule has 0 aliphatic heterocycles. The molecule has 2 fully saturated rings. The van der Waals surface area contributed by atoms with Crippen LogP contribution in [0.5, 0.6) is 0 Å². The van der Waals surface area contributed by atoms with Gasteiger partial charge in [0.05, 0.1) is 0 Å². The normalized spacial score (nSPS) is 52.8. The number of aliphatic hydroxyl groups is 1. The Kier molecular flexibility index (Phi) is 1.90. The van der Waals surface area contributed by atoms with Gasteiger partial charge >= 0.3 is 0 Å². The van der Waals surface area contributed by atoms with Crippen molar-refractivity contribution in [3.8, 4) is 0 Å². The van der Waals surface area contributed by atoms with Crippen LogP contribution in [0.25, 0.3) is 0 Å². The van der Waals surface area contributed by atoms with Gasteiger partial charge < -0.3 is 5.11 Å². The molecule has 2 heteroatoms. The fourth-order valence-electron chi connectivity index (χ4n) is 3.22. The molecule has 0 saturated heterocycles. The SMILES string of the molecule is CC1(F)CC2CCC(C1)C2CO. The van der Waals surface area contributed by atoms with Crippen LogP contribution >= 0.6 is 0 Å². The van der Waals surface area contributed by atoms with Crippen LogP contribution in [0.3, 0.4) is 0 Å². The van der Waals surface area contributed by atoms with Gasteiger partial charge in [0.2, 0.25) is 0 Å². The van der Waals surface area contributed by atoms with E-state index in [1.807, 2.05) is 0 Å². The molecule has 0 aromatic carbocycles. The predicted octanol–water partition coefficient (Wildman–Crippen LogP) is 2.14. The number of fused-ring (bicyclic) bond motifs is 2. The summed E-state index contributed by atoms with van der Waals surface area (Å²) in [5.74, 6) is 1.33. The molecule has 12 heavy (non-hydrogen) atoms. The zero-order valence-electron chi connectivity index (χ0n) is 7.59. The quantitative estimate of drug-likeness (QED) is 0.642. The molecule has 2 unspecified atom stereocenters. The minimum atomic E-state index is -0.947. The molecule has 2 aliphatic rings. The van der Waals surface area contributed by atoms with E-state index < -0.39 is 5.67 Å². The number of hydrogen-bond acceptors (Lipinski definition) is 1. The number of aliphatic hydroxyl groups excluding tert-OH is 1. The minimum absolute atomic E-state index is 0.269. The van der Waals surface area contributed by atoms with Crippen LogP contribution in [0.15, 0.2) is 0 Å². The molecule has 2 saturated carbocycles. The Hall–Kier alpha value is -0.110. The number of alkyl halides is 1. The molecule has 2 aliphatic carbocycles. The van der Waals surface area contributed by atoms with Gasteiger partial charge in [0.1, 0.15) is 5.67 Å². The first-order valence-electron chi connectivity index (χ1n) is 4.92. The third-order valence-electron chi connectivity index (χ3n) is 3.71. The molecular formula is C10H17FO. The minimum Gasteiger partial charge on any atom is -0.396 e. The van der Waals surface area contributed by atoms with E-state index in [0.717, 1.165) is 12.8 Å². The molecule has 0 aromatic heterocycles. The summed E-state index contributed by atoms with van der Waals surface area (Å²) in [7, 11) is 0. The molecule has 0 amide bonds. The van der Waals surface area contributed by atoms with Crippen molar-refractivity contribution in [3.05, 3.63) is 0 Å². The summed E-state index contributed by atoms with van der Waals surface area (Å²) in [5, 5.41) is 9.12. The fraction of sp³-hybridized carbons (Fsp3) is 1.00. The first-order chi connectivity index (χ1) is 5.62. The van der Waals surface area contributed by atoms with E-state index >= 15 is 0 Å². The third-order valence-corrected chi connectivity index (χ3v) is 3.71. The van der Waals surface area contributed by atoms with E-state index in [1.165, 1.54) is 0 Å². The molecular weight excluding hydrogens is 155 g/mol. The third kappa shape index (κ3) is 1.26. The van der Waals surface area contributed by atoms with E-state index in [1.54, 1.807) is 6.92 Å². The molecule has 0 aromatic rings. The smallest absolute Gasteiger partial charge is 0.108 e. The predicted molar refractivity (Wildman–Crippen MR) is 45.5 cm³/mol. The van der Waals surface area contributed by atoms with Crippen molar-refractivity contribution in [2.45, 2.75) is 38.3 Å². The van der Waals surface area contributed by atoms with Gasteiger partial charge in [0, 0.05) is 6.61 Å². The van der Waals surface area contributed by atoms with Crippen molar-refractivity contribution < 1.29 is 9.50 Å². The van der Waals surface area contributed by atoms with Crippen molar-refractivity contribution in [1.82, 2.24) is 0 Å². The van der Waals surface area contributed by atoms with Gasteiger partial charge in [0.25, 0.3) is 0 Å². The summed E-state index contributed by atoms with van der Waals surface area (Å²) in [6.45, 7) is 1.98. The highest BCUT2D eigenvalue weighted by atomic mass is 19.1. The molecule has 1 N–H and O–H groups in total. The van der Waals surface area contributed by atoms with E-state index in [9.17, 15) is 4.39 Å². The highest BCUT2D eigenvalue weighted by Gasteiger charge is 2.47. The van der Waals surface area contributed by atoms with E-state index in [2.05, 4.69) is 0 Å². The zero-order chi connectivity index (χ0) is 8.77. The maximum absolute atomic E-state index is 13.6. The van der Waals surface area contributed by atoms with Crippen LogP contribution in [-0.2, 0) is 0 Å². The summed E-state index contributed by atoms with van der Waals surface area (Å²) >= 11 is 0. The summed E-state index contributed by atoms with van der Waals surface area (Å²) in [6.07, 6.45) is 3.62. The van der Waals surface area contributed by atoms with Gasteiger partial charge in [-0.1, -0.05) is 0 Å². The second-order valence-electron chi connectivity index (χ2n) is 4.77. The first kappa shape index (κ1) is 8.49. The first-order valence-corrected chi connectivity index (χ1v) is 4.92. The van der Waals surface area contributed by atoms with Crippen molar-refractivity contribution in [1.29, 1.82) is 0 Å². The second kappa shape index (κ2) is 2.69. The lowest BCUT2D eigenvalue weighted by atomic mass is 9.73. The van der Waals surface area contributed by atoms with E-state index in [-0.39, 0.29) is 6.61 Å². The Morgan fingerprint density at radius 2 is 1.83 bits per heavy atom. The Morgan fingerprint density at radius 1 is 1.33 bits per heavy atom. The van der Waals surface area contributed by atoms with Gasteiger partial charge in [-0.2, -0.15) is 0 Å².